The van der Waals surface area contributed by atoms with Gasteiger partial charge in [-0.3, -0.25) is 5.32 Å². The van der Waals surface area contributed by atoms with Crippen molar-refractivity contribution in [1.82, 2.24) is 0 Å². The van der Waals surface area contributed by atoms with Gasteiger partial charge in [0.1, 0.15) is 16.2 Å². The minimum absolute atomic E-state index is 0.0951. The van der Waals surface area contributed by atoms with Crippen LogP contribution in [0.15, 0.2) is 17.5 Å². The molecule has 0 atom stereocenters. The Kier molecular flexibility index (Phi) is 4.58. The van der Waals surface area contributed by atoms with Crippen molar-refractivity contribution in [2.75, 3.05) is 5.32 Å². The lowest BCUT2D eigenvalue weighted by molar-refractivity contribution is 0.0636. The molecule has 0 aromatic carbocycles. The van der Waals surface area contributed by atoms with Gasteiger partial charge in [0.25, 0.3) is 0 Å². The number of rotatable bonds is 3. The van der Waals surface area contributed by atoms with E-state index in [0.717, 1.165) is 9.75 Å². The molecule has 118 valence electrons. The summed E-state index contributed by atoms with van der Waals surface area (Å²) >= 11 is 2.69. The van der Waals surface area contributed by atoms with Gasteiger partial charge in [0.05, 0.1) is 0 Å². The van der Waals surface area contributed by atoms with E-state index < -0.39 is 17.7 Å². The van der Waals surface area contributed by atoms with Crippen molar-refractivity contribution in [3.63, 3.8) is 0 Å². The van der Waals surface area contributed by atoms with Crippen molar-refractivity contribution in [3.05, 3.63) is 28.0 Å². The third kappa shape index (κ3) is 3.86. The van der Waals surface area contributed by atoms with Gasteiger partial charge in [-0.15, -0.1) is 22.7 Å². The zero-order valence-electron chi connectivity index (χ0n) is 12.7. The molecule has 0 saturated heterocycles. The normalized spacial score (nSPS) is 11.3. The van der Waals surface area contributed by atoms with Gasteiger partial charge >= 0.3 is 12.1 Å². The highest BCUT2D eigenvalue weighted by molar-refractivity contribution is 7.17. The summed E-state index contributed by atoms with van der Waals surface area (Å²) in [6.07, 6.45) is -0.661. The van der Waals surface area contributed by atoms with Crippen molar-refractivity contribution in [2.24, 2.45) is 0 Å². The first-order chi connectivity index (χ1) is 10.2. The number of carbonyl (C=O) groups is 2. The fourth-order valence-corrected chi connectivity index (χ4v) is 3.72. The number of hydrogen-bond acceptors (Lipinski definition) is 5. The van der Waals surface area contributed by atoms with Gasteiger partial charge in [-0.2, -0.15) is 0 Å². The lowest BCUT2D eigenvalue weighted by Gasteiger charge is -2.19. The summed E-state index contributed by atoms with van der Waals surface area (Å²) in [6.45, 7) is 7.21. The van der Waals surface area contributed by atoms with Gasteiger partial charge in [0.15, 0.2) is 0 Å². The molecule has 2 N–H and O–H groups in total. The molecule has 0 spiro atoms. The molecular weight excluding hydrogens is 322 g/mol. The zero-order valence-corrected chi connectivity index (χ0v) is 14.4. The number of aryl methyl sites for hydroxylation is 1. The maximum Gasteiger partial charge on any atom is 0.412 e. The molecule has 0 radical (unpaired) electrons. The van der Waals surface area contributed by atoms with Crippen LogP contribution >= 0.6 is 22.7 Å². The van der Waals surface area contributed by atoms with Crippen LogP contribution in [0.3, 0.4) is 0 Å². The van der Waals surface area contributed by atoms with Gasteiger partial charge in [-0.25, -0.2) is 9.59 Å². The molecule has 0 fully saturated rings. The smallest absolute Gasteiger partial charge is 0.412 e. The van der Waals surface area contributed by atoms with Crippen LogP contribution in [0.1, 0.15) is 36.0 Å². The Morgan fingerprint density at radius 1 is 1.27 bits per heavy atom. The molecule has 0 bridgehead atoms. The van der Waals surface area contributed by atoms with Crippen molar-refractivity contribution in [1.29, 1.82) is 0 Å². The maximum atomic E-state index is 11.8. The van der Waals surface area contributed by atoms with Gasteiger partial charge in [0.2, 0.25) is 0 Å². The first-order valence-electron chi connectivity index (χ1n) is 6.59. The number of carboxylic acid groups (broad SMARTS) is 1. The van der Waals surface area contributed by atoms with E-state index in [0.29, 0.717) is 5.56 Å². The van der Waals surface area contributed by atoms with Crippen LogP contribution in [0.25, 0.3) is 10.4 Å². The Hall–Kier alpha value is -1.86. The predicted molar refractivity (Wildman–Crippen MR) is 89.2 cm³/mol. The van der Waals surface area contributed by atoms with Gasteiger partial charge in [-0.05, 0) is 39.8 Å². The van der Waals surface area contributed by atoms with Crippen molar-refractivity contribution in [2.45, 2.75) is 33.3 Å². The Morgan fingerprint density at radius 2 is 1.95 bits per heavy atom. The molecule has 2 heterocycles. The van der Waals surface area contributed by atoms with E-state index in [9.17, 15) is 14.7 Å². The number of anilines is 1. The van der Waals surface area contributed by atoms with E-state index in [4.69, 9.17) is 4.74 Å². The van der Waals surface area contributed by atoms with Gasteiger partial charge in [0, 0.05) is 20.7 Å². The predicted octanol–water partition coefficient (Wildman–Crippen LogP) is 4.83. The summed E-state index contributed by atoms with van der Waals surface area (Å²) in [5, 5.41) is 14.0. The number of aromatic carboxylic acids is 1. The number of ether oxygens (including phenoxy) is 1. The molecule has 2 aromatic heterocycles. The Morgan fingerprint density at radius 3 is 2.45 bits per heavy atom. The summed E-state index contributed by atoms with van der Waals surface area (Å²) in [5.41, 5.74) is 0.0673. The monoisotopic (exact) mass is 339 g/mol. The van der Waals surface area contributed by atoms with E-state index in [2.05, 4.69) is 5.32 Å². The van der Waals surface area contributed by atoms with E-state index in [1.165, 1.54) is 22.7 Å². The van der Waals surface area contributed by atoms with E-state index in [1.54, 1.807) is 26.2 Å². The lowest BCUT2D eigenvalue weighted by atomic mass is 10.1. The molecule has 0 saturated carbocycles. The lowest BCUT2D eigenvalue weighted by Crippen LogP contribution is -2.27. The summed E-state index contributed by atoms with van der Waals surface area (Å²) in [4.78, 5) is 25.4. The molecule has 5 nitrogen and oxygen atoms in total. The van der Waals surface area contributed by atoms with E-state index in [-0.39, 0.29) is 10.6 Å². The van der Waals surface area contributed by atoms with Crippen LogP contribution in [-0.4, -0.2) is 22.8 Å². The number of thiophene rings is 2. The van der Waals surface area contributed by atoms with Crippen molar-refractivity contribution >= 4 is 39.7 Å². The number of nitrogens with one attached hydrogen (secondary N) is 1. The van der Waals surface area contributed by atoms with Crippen LogP contribution < -0.4 is 5.32 Å². The highest BCUT2D eigenvalue weighted by Crippen LogP contribution is 2.38. The number of carbonyl (C=O) groups excluding carboxylic acids is 1. The second-order valence-corrected chi connectivity index (χ2v) is 7.86. The fraction of sp³-hybridized carbons (Fsp3) is 0.333. The van der Waals surface area contributed by atoms with Gasteiger partial charge in [-0.1, -0.05) is 0 Å². The quantitative estimate of drug-likeness (QED) is 0.840. The number of hydrogen-bond donors (Lipinski definition) is 2. The van der Waals surface area contributed by atoms with E-state index >= 15 is 0 Å². The first kappa shape index (κ1) is 16.5. The standard InChI is InChI=1S/C15H17NO4S2/c1-8-5-6-10(22-8)9-7-21-12(11(9)13(17)18)16-14(19)20-15(2,3)4/h5-7H,1-4H3,(H,16,19)(H,17,18). The average Bonchev–Trinajstić information content (AvgIpc) is 2.92. The Labute approximate surface area is 136 Å². The van der Waals surface area contributed by atoms with Crippen molar-refractivity contribution in [3.8, 4) is 10.4 Å². The summed E-state index contributed by atoms with van der Waals surface area (Å²) < 4.78 is 5.16. The van der Waals surface area contributed by atoms with Crippen LogP contribution in [0.4, 0.5) is 9.80 Å². The second-order valence-electron chi connectivity index (χ2n) is 5.70. The van der Waals surface area contributed by atoms with Crippen LogP contribution in [0.2, 0.25) is 0 Å². The molecule has 0 aliphatic heterocycles. The first-order valence-corrected chi connectivity index (χ1v) is 8.28. The van der Waals surface area contributed by atoms with Crippen molar-refractivity contribution < 1.29 is 19.4 Å². The second kappa shape index (κ2) is 6.10. The average molecular weight is 339 g/mol. The molecule has 1 amide bonds. The molecule has 0 unspecified atom stereocenters. The zero-order chi connectivity index (χ0) is 16.5. The third-order valence-electron chi connectivity index (χ3n) is 2.63. The molecule has 0 aliphatic carbocycles. The maximum absolute atomic E-state index is 11.8. The molecule has 2 aromatic rings. The molecule has 2 rings (SSSR count). The topological polar surface area (TPSA) is 75.6 Å². The summed E-state index contributed by atoms with van der Waals surface area (Å²) in [6, 6.07) is 3.82. The minimum atomic E-state index is -1.08. The Balaban J connectivity index is 2.32. The summed E-state index contributed by atoms with van der Waals surface area (Å²) in [7, 11) is 0. The van der Waals surface area contributed by atoms with E-state index in [1.807, 2.05) is 19.1 Å². The van der Waals surface area contributed by atoms with Crippen LogP contribution in [-0.2, 0) is 4.74 Å². The number of amides is 1. The number of carboxylic acids is 1. The fourth-order valence-electron chi connectivity index (χ4n) is 1.82. The SMILES string of the molecule is Cc1ccc(-c2csc(NC(=O)OC(C)(C)C)c2C(=O)O)s1. The minimum Gasteiger partial charge on any atom is -0.478 e. The molecular formula is C15H17NO4S2. The highest BCUT2D eigenvalue weighted by Gasteiger charge is 2.24. The molecule has 22 heavy (non-hydrogen) atoms. The highest BCUT2D eigenvalue weighted by atomic mass is 32.1. The van der Waals surface area contributed by atoms with Crippen LogP contribution in [0, 0.1) is 6.92 Å². The van der Waals surface area contributed by atoms with Gasteiger partial charge < -0.3 is 9.84 Å². The molecule has 0 aliphatic rings. The third-order valence-corrected chi connectivity index (χ3v) is 4.55. The molecule has 7 heteroatoms. The summed E-state index contributed by atoms with van der Waals surface area (Å²) in [5.74, 6) is -1.08. The largest absolute Gasteiger partial charge is 0.478 e. The van der Waals surface area contributed by atoms with Crippen LogP contribution in [0.5, 0.6) is 0 Å². The Bertz CT molecular complexity index is 709.